The first-order valence-corrected chi connectivity index (χ1v) is 9.93. The Morgan fingerprint density at radius 2 is 1.94 bits per heavy atom. The van der Waals surface area contributed by atoms with Gasteiger partial charge in [0.1, 0.15) is 0 Å². The van der Waals surface area contributed by atoms with E-state index in [0.29, 0.717) is 54.6 Å². The first-order valence-electron chi connectivity index (χ1n) is 9.93. The maximum absolute atomic E-state index is 12.7. The highest BCUT2D eigenvalue weighted by Gasteiger charge is 2.20. The zero-order chi connectivity index (χ0) is 22.0. The molecule has 31 heavy (non-hydrogen) atoms. The van der Waals surface area contributed by atoms with Crippen LogP contribution in [0.15, 0.2) is 47.4 Å². The Labute approximate surface area is 179 Å². The number of H-pyrrole nitrogens is 1. The second kappa shape index (κ2) is 8.49. The van der Waals surface area contributed by atoms with Crippen molar-refractivity contribution in [3.05, 3.63) is 64.1 Å². The van der Waals surface area contributed by atoms with Crippen molar-refractivity contribution >= 4 is 28.8 Å². The third kappa shape index (κ3) is 4.22. The van der Waals surface area contributed by atoms with Gasteiger partial charge >= 0.3 is 0 Å². The first kappa shape index (κ1) is 20.4. The van der Waals surface area contributed by atoms with E-state index in [4.69, 9.17) is 16.2 Å². The van der Waals surface area contributed by atoms with E-state index < -0.39 is 0 Å². The lowest BCUT2D eigenvalue weighted by atomic mass is 10.0. The zero-order valence-electron chi connectivity index (χ0n) is 17.1. The van der Waals surface area contributed by atoms with Crippen molar-refractivity contribution < 1.29 is 9.53 Å². The van der Waals surface area contributed by atoms with Crippen LogP contribution < -0.4 is 22.3 Å². The number of nitrogens with one attached hydrogen (secondary N) is 2. The molecule has 3 aromatic rings. The minimum Gasteiger partial charge on any atom is -0.398 e. The normalized spacial score (nSPS) is 13.8. The van der Waals surface area contributed by atoms with Crippen LogP contribution in [0.2, 0.25) is 0 Å². The molecule has 1 aliphatic rings. The number of carbonyl (C=O) groups excluding carboxylic acids is 1. The molecule has 6 N–H and O–H groups in total. The van der Waals surface area contributed by atoms with Crippen LogP contribution in [0, 0.1) is 6.92 Å². The van der Waals surface area contributed by atoms with Crippen molar-refractivity contribution in [1.29, 1.82) is 0 Å². The minimum absolute atomic E-state index is 0.117. The summed E-state index contributed by atoms with van der Waals surface area (Å²) >= 11 is 0. The number of morpholine rings is 1. The molecule has 0 aliphatic carbocycles. The van der Waals surface area contributed by atoms with Crippen molar-refractivity contribution in [2.24, 2.45) is 0 Å². The van der Waals surface area contributed by atoms with Crippen molar-refractivity contribution in [2.45, 2.75) is 6.92 Å². The van der Waals surface area contributed by atoms with E-state index in [1.54, 1.807) is 29.3 Å². The lowest BCUT2D eigenvalue weighted by molar-refractivity contribution is 0.0303. The smallest absolute Gasteiger partial charge is 0.291 e. The lowest BCUT2D eigenvalue weighted by Gasteiger charge is -2.27. The summed E-state index contributed by atoms with van der Waals surface area (Å²) < 4.78 is 5.29. The zero-order valence-corrected chi connectivity index (χ0v) is 17.1. The quantitative estimate of drug-likeness (QED) is 0.474. The van der Waals surface area contributed by atoms with Crippen molar-refractivity contribution in [1.82, 2.24) is 14.9 Å². The second-order valence-corrected chi connectivity index (χ2v) is 7.31. The molecule has 0 bridgehead atoms. The molecule has 1 saturated heterocycles. The topological polar surface area (TPSA) is 139 Å². The highest BCUT2D eigenvalue weighted by atomic mass is 16.5. The van der Waals surface area contributed by atoms with Crippen LogP contribution in [-0.4, -0.2) is 47.1 Å². The Morgan fingerprint density at radius 1 is 1.16 bits per heavy atom. The number of amides is 1. The molecule has 0 radical (unpaired) electrons. The van der Waals surface area contributed by atoms with Gasteiger partial charge in [0, 0.05) is 41.9 Å². The number of ether oxygens (including phenoxy) is 1. The van der Waals surface area contributed by atoms with E-state index >= 15 is 0 Å². The fourth-order valence-corrected chi connectivity index (χ4v) is 3.47. The summed E-state index contributed by atoms with van der Waals surface area (Å²) in [5.41, 5.74) is 16.0. The molecule has 1 fully saturated rings. The molecule has 0 unspecified atom stereocenters. The average molecular weight is 420 g/mol. The molecule has 1 aliphatic heterocycles. The van der Waals surface area contributed by atoms with Crippen LogP contribution in [-0.2, 0) is 4.74 Å². The summed E-state index contributed by atoms with van der Waals surface area (Å²) in [7, 11) is 0. The summed E-state index contributed by atoms with van der Waals surface area (Å²) in [6.45, 7) is 4.00. The Balaban J connectivity index is 1.59. The molecule has 0 atom stereocenters. The lowest BCUT2D eigenvalue weighted by Crippen LogP contribution is -2.40. The van der Waals surface area contributed by atoms with Gasteiger partial charge in [-0.15, -0.1) is 0 Å². The number of hydrogen-bond donors (Lipinski definition) is 4. The highest BCUT2D eigenvalue weighted by Crippen LogP contribution is 2.26. The number of nitrogens with zero attached hydrogens (tertiary/aromatic N) is 2. The summed E-state index contributed by atoms with van der Waals surface area (Å²) in [4.78, 5) is 33.9. The molecule has 2 aromatic carbocycles. The van der Waals surface area contributed by atoms with Gasteiger partial charge in [-0.25, -0.2) is 4.98 Å². The molecule has 4 rings (SSSR count). The van der Waals surface area contributed by atoms with Gasteiger partial charge in [-0.1, -0.05) is 12.1 Å². The SMILES string of the molecule is Cc1c(N)cccc1-c1c[nH]c(=O)c(Nc2ccc(C(=O)N3CCOCC3)c(N)c2)n1. The summed E-state index contributed by atoms with van der Waals surface area (Å²) in [5, 5.41) is 2.99. The van der Waals surface area contributed by atoms with E-state index in [1.807, 2.05) is 25.1 Å². The van der Waals surface area contributed by atoms with E-state index in [0.717, 1.165) is 11.1 Å². The molecule has 9 heteroatoms. The van der Waals surface area contributed by atoms with E-state index in [1.165, 1.54) is 0 Å². The number of anilines is 4. The van der Waals surface area contributed by atoms with Crippen LogP contribution in [0.5, 0.6) is 0 Å². The minimum atomic E-state index is -0.377. The van der Waals surface area contributed by atoms with Crippen molar-refractivity contribution in [3.63, 3.8) is 0 Å². The monoisotopic (exact) mass is 420 g/mol. The standard InChI is InChI=1S/C22H24N6O3/c1-13-15(3-2-4-17(13)23)19-12-25-21(29)20(27-19)26-14-5-6-16(18(24)11-14)22(30)28-7-9-31-10-8-28/h2-6,11-12H,7-10,23-24H2,1H3,(H,25,29)(H,26,27). The molecule has 1 aromatic heterocycles. The van der Waals surface area contributed by atoms with E-state index in [2.05, 4.69) is 15.3 Å². The first-order chi connectivity index (χ1) is 14.9. The predicted octanol–water partition coefficient (Wildman–Crippen LogP) is 2.13. The Morgan fingerprint density at radius 3 is 2.68 bits per heavy atom. The number of nitrogen functional groups attached to an aromatic ring is 2. The van der Waals surface area contributed by atoms with Gasteiger partial charge in [0.2, 0.25) is 0 Å². The highest BCUT2D eigenvalue weighted by molar-refractivity contribution is 6.00. The van der Waals surface area contributed by atoms with Gasteiger partial charge in [0.05, 0.1) is 24.5 Å². The van der Waals surface area contributed by atoms with Gasteiger partial charge in [0.15, 0.2) is 5.82 Å². The number of benzene rings is 2. The fraction of sp³-hybridized carbons (Fsp3) is 0.227. The van der Waals surface area contributed by atoms with Crippen molar-refractivity contribution in [3.8, 4) is 11.3 Å². The largest absolute Gasteiger partial charge is 0.398 e. The third-order valence-corrected chi connectivity index (χ3v) is 5.28. The molecule has 160 valence electrons. The summed E-state index contributed by atoms with van der Waals surface area (Å²) in [6, 6.07) is 10.5. The van der Waals surface area contributed by atoms with Crippen LogP contribution in [0.25, 0.3) is 11.3 Å². The van der Waals surface area contributed by atoms with Gasteiger partial charge < -0.3 is 31.4 Å². The molecule has 0 saturated carbocycles. The Hall–Kier alpha value is -3.85. The number of hydrogen-bond acceptors (Lipinski definition) is 7. The van der Waals surface area contributed by atoms with Crippen LogP contribution in [0.1, 0.15) is 15.9 Å². The third-order valence-electron chi connectivity index (χ3n) is 5.28. The van der Waals surface area contributed by atoms with Crippen molar-refractivity contribution in [2.75, 3.05) is 43.1 Å². The molecule has 2 heterocycles. The number of aromatic nitrogens is 2. The van der Waals surface area contributed by atoms with Crippen LogP contribution in [0.3, 0.4) is 0 Å². The number of aromatic amines is 1. The molecule has 9 nitrogen and oxygen atoms in total. The Bertz CT molecular complexity index is 1180. The molecule has 1 amide bonds. The maximum Gasteiger partial charge on any atom is 0.291 e. The number of rotatable bonds is 4. The van der Waals surface area contributed by atoms with E-state index in [9.17, 15) is 9.59 Å². The molecular formula is C22H24N6O3. The van der Waals surface area contributed by atoms with Gasteiger partial charge in [-0.05, 0) is 36.8 Å². The van der Waals surface area contributed by atoms with Crippen LogP contribution >= 0.6 is 0 Å². The van der Waals surface area contributed by atoms with E-state index in [-0.39, 0.29) is 17.3 Å². The number of nitrogens with two attached hydrogens (primary N) is 2. The molecular weight excluding hydrogens is 396 g/mol. The van der Waals surface area contributed by atoms with Gasteiger partial charge in [0.25, 0.3) is 11.5 Å². The van der Waals surface area contributed by atoms with Crippen LogP contribution in [0.4, 0.5) is 22.9 Å². The average Bonchev–Trinajstić information content (AvgIpc) is 2.77. The summed E-state index contributed by atoms with van der Waals surface area (Å²) in [6.07, 6.45) is 1.55. The maximum atomic E-state index is 12.7. The summed E-state index contributed by atoms with van der Waals surface area (Å²) in [5.74, 6) is -0.0200. The molecule has 0 spiro atoms. The fourth-order valence-electron chi connectivity index (χ4n) is 3.47. The predicted molar refractivity (Wildman–Crippen MR) is 120 cm³/mol. The Kier molecular flexibility index (Phi) is 5.59. The van der Waals surface area contributed by atoms with Gasteiger partial charge in [-0.2, -0.15) is 0 Å². The second-order valence-electron chi connectivity index (χ2n) is 7.31. The number of carbonyl (C=O) groups is 1. The van der Waals surface area contributed by atoms with Gasteiger partial charge in [-0.3, -0.25) is 9.59 Å².